The molecule has 94 valence electrons. The molecule has 0 saturated heterocycles. The molecule has 0 atom stereocenters. The van der Waals surface area contributed by atoms with Crippen LogP contribution < -0.4 is 10.9 Å². The Morgan fingerprint density at radius 2 is 2.00 bits per heavy atom. The molecule has 0 saturated carbocycles. The van der Waals surface area contributed by atoms with Gasteiger partial charge in [-0.1, -0.05) is 0 Å². The van der Waals surface area contributed by atoms with Crippen molar-refractivity contribution in [2.24, 2.45) is 0 Å². The topological polar surface area (TPSA) is 93.5 Å². The van der Waals surface area contributed by atoms with Crippen molar-refractivity contribution in [3.05, 3.63) is 17.8 Å². The quantitative estimate of drug-likeness (QED) is 0.719. The normalized spacial score (nSPS) is 10.8. The van der Waals surface area contributed by atoms with Crippen LogP contribution in [0.2, 0.25) is 0 Å². The summed E-state index contributed by atoms with van der Waals surface area (Å²) in [5, 5.41) is 0. The Bertz CT molecular complexity index is 419. The van der Waals surface area contributed by atoms with Crippen molar-refractivity contribution < 1.29 is 18.7 Å². The summed E-state index contributed by atoms with van der Waals surface area (Å²) in [5.41, 5.74) is 3.61. The summed E-state index contributed by atoms with van der Waals surface area (Å²) in [6.45, 7) is 6.76. The second-order valence-electron chi connectivity index (χ2n) is 4.32. The van der Waals surface area contributed by atoms with Crippen LogP contribution in [-0.2, 0) is 4.74 Å². The van der Waals surface area contributed by atoms with Crippen LogP contribution in [0.1, 0.15) is 37.2 Å². The molecule has 0 spiro atoms. The highest BCUT2D eigenvalue weighted by atomic mass is 16.6. The van der Waals surface area contributed by atoms with Crippen molar-refractivity contribution in [3.8, 4) is 0 Å². The van der Waals surface area contributed by atoms with E-state index in [0.717, 1.165) is 0 Å². The number of hydrogen-bond donors (Lipinski definition) is 2. The van der Waals surface area contributed by atoms with Crippen LogP contribution in [0.25, 0.3) is 0 Å². The van der Waals surface area contributed by atoms with E-state index in [9.17, 15) is 9.59 Å². The van der Waals surface area contributed by atoms with E-state index >= 15 is 0 Å². The third-order valence-electron chi connectivity index (χ3n) is 1.52. The van der Waals surface area contributed by atoms with Gasteiger partial charge in [0.15, 0.2) is 5.89 Å². The molecule has 0 aliphatic rings. The zero-order valence-electron chi connectivity index (χ0n) is 10.2. The van der Waals surface area contributed by atoms with E-state index in [0.29, 0.717) is 5.89 Å². The number of oxazole rings is 1. The summed E-state index contributed by atoms with van der Waals surface area (Å²) in [7, 11) is 0. The first-order valence-corrected chi connectivity index (χ1v) is 5.00. The number of amides is 2. The SMILES string of the molecule is Cc1ncc(C(=O)NNC(=O)OC(C)(C)C)o1. The predicted molar refractivity (Wildman–Crippen MR) is 58.1 cm³/mol. The number of rotatable bonds is 1. The average molecular weight is 241 g/mol. The first-order chi connectivity index (χ1) is 7.78. The minimum absolute atomic E-state index is 0.0126. The van der Waals surface area contributed by atoms with Crippen molar-refractivity contribution in [2.75, 3.05) is 0 Å². The number of hydrogen-bond acceptors (Lipinski definition) is 5. The molecule has 1 aromatic rings. The molecule has 0 fully saturated rings. The molecular formula is C10H15N3O4. The maximum absolute atomic E-state index is 11.4. The van der Waals surface area contributed by atoms with Crippen LogP contribution in [0.15, 0.2) is 10.6 Å². The van der Waals surface area contributed by atoms with Gasteiger partial charge in [-0.15, -0.1) is 0 Å². The van der Waals surface area contributed by atoms with Gasteiger partial charge in [-0.05, 0) is 20.8 Å². The number of ether oxygens (including phenoxy) is 1. The fraction of sp³-hybridized carbons (Fsp3) is 0.500. The smallest absolute Gasteiger partial charge is 0.426 e. The number of nitrogens with zero attached hydrogens (tertiary/aromatic N) is 1. The lowest BCUT2D eigenvalue weighted by molar-refractivity contribution is 0.0481. The van der Waals surface area contributed by atoms with E-state index in [1.54, 1.807) is 27.7 Å². The van der Waals surface area contributed by atoms with E-state index in [2.05, 4.69) is 15.8 Å². The van der Waals surface area contributed by atoms with Crippen LogP contribution in [0.5, 0.6) is 0 Å². The van der Waals surface area contributed by atoms with Gasteiger partial charge in [0, 0.05) is 6.92 Å². The molecule has 0 aromatic carbocycles. The van der Waals surface area contributed by atoms with Gasteiger partial charge in [0.1, 0.15) is 5.60 Å². The fourth-order valence-electron chi connectivity index (χ4n) is 0.939. The molecule has 7 nitrogen and oxygen atoms in total. The predicted octanol–water partition coefficient (Wildman–Crippen LogP) is 1.15. The van der Waals surface area contributed by atoms with Gasteiger partial charge in [-0.3, -0.25) is 10.2 Å². The van der Waals surface area contributed by atoms with E-state index in [1.807, 2.05) is 0 Å². The lowest BCUT2D eigenvalue weighted by atomic mass is 10.2. The van der Waals surface area contributed by atoms with Crippen molar-refractivity contribution in [3.63, 3.8) is 0 Å². The Balaban J connectivity index is 2.41. The maximum atomic E-state index is 11.4. The monoisotopic (exact) mass is 241 g/mol. The summed E-state index contributed by atoms with van der Waals surface area (Å²) in [6, 6.07) is 0. The Labute approximate surface area is 98.5 Å². The van der Waals surface area contributed by atoms with Gasteiger partial charge >= 0.3 is 12.0 Å². The minimum atomic E-state index is -0.748. The third kappa shape index (κ3) is 4.54. The van der Waals surface area contributed by atoms with Crippen LogP contribution in [0.4, 0.5) is 4.79 Å². The second kappa shape index (κ2) is 4.86. The molecule has 1 heterocycles. The van der Waals surface area contributed by atoms with E-state index in [4.69, 9.17) is 9.15 Å². The van der Waals surface area contributed by atoms with Crippen LogP contribution in [0.3, 0.4) is 0 Å². The first kappa shape index (κ1) is 13.0. The van der Waals surface area contributed by atoms with Crippen molar-refractivity contribution in [2.45, 2.75) is 33.3 Å². The highest BCUT2D eigenvalue weighted by molar-refractivity contribution is 5.92. The molecule has 0 aliphatic carbocycles. The van der Waals surface area contributed by atoms with Gasteiger partial charge in [-0.25, -0.2) is 15.2 Å². The van der Waals surface area contributed by atoms with E-state index < -0.39 is 17.6 Å². The number of carbonyl (C=O) groups excluding carboxylic acids is 2. The summed E-state index contributed by atoms with van der Waals surface area (Å²) >= 11 is 0. The van der Waals surface area contributed by atoms with Gasteiger partial charge in [0.25, 0.3) is 0 Å². The van der Waals surface area contributed by atoms with E-state index in [-0.39, 0.29) is 5.76 Å². The lowest BCUT2D eigenvalue weighted by Crippen LogP contribution is -2.44. The van der Waals surface area contributed by atoms with Gasteiger partial charge in [0.05, 0.1) is 6.20 Å². The Morgan fingerprint density at radius 1 is 1.35 bits per heavy atom. The fourth-order valence-corrected chi connectivity index (χ4v) is 0.939. The molecule has 0 aliphatic heterocycles. The molecule has 0 radical (unpaired) electrons. The average Bonchev–Trinajstić information content (AvgIpc) is 2.58. The Morgan fingerprint density at radius 3 is 2.47 bits per heavy atom. The molecule has 2 amide bonds. The van der Waals surface area contributed by atoms with Crippen LogP contribution in [-0.4, -0.2) is 22.6 Å². The Hall–Kier alpha value is -2.05. The molecule has 17 heavy (non-hydrogen) atoms. The number of carbonyl (C=O) groups is 2. The molecule has 1 aromatic heterocycles. The zero-order chi connectivity index (χ0) is 13.1. The summed E-state index contributed by atoms with van der Waals surface area (Å²) in [5.74, 6) is -0.220. The minimum Gasteiger partial charge on any atom is -0.443 e. The molecule has 0 bridgehead atoms. The Kier molecular flexibility index (Phi) is 3.72. The summed E-state index contributed by atoms with van der Waals surface area (Å²) < 4.78 is 9.88. The van der Waals surface area contributed by atoms with Gasteiger partial charge in [-0.2, -0.15) is 0 Å². The third-order valence-corrected chi connectivity index (χ3v) is 1.52. The number of nitrogens with one attached hydrogen (secondary N) is 2. The van der Waals surface area contributed by atoms with Crippen molar-refractivity contribution >= 4 is 12.0 Å². The molecular weight excluding hydrogens is 226 g/mol. The van der Waals surface area contributed by atoms with Crippen molar-refractivity contribution in [1.82, 2.24) is 15.8 Å². The van der Waals surface area contributed by atoms with Crippen LogP contribution in [0, 0.1) is 6.92 Å². The highest BCUT2D eigenvalue weighted by Crippen LogP contribution is 2.06. The lowest BCUT2D eigenvalue weighted by Gasteiger charge is -2.19. The van der Waals surface area contributed by atoms with Gasteiger partial charge < -0.3 is 9.15 Å². The number of aromatic nitrogens is 1. The van der Waals surface area contributed by atoms with Crippen molar-refractivity contribution in [1.29, 1.82) is 0 Å². The largest absolute Gasteiger partial charge is 0.443 e. The molecule has 7 heteroatoms. The molecule has 2 N–H and O–H groups in total. The first-order valence-electron chi connectivity index (χ1n) is 5.00. The van der Waals surface area contributed by atoms with Crippen LogP contribution >= 0.6 is 0 Å². The summed E-state index contributed by atoms with van der Waals surface area (Å²) in [6.07, 6.45) is 0.517. The standard InChI is InChI=1S/C10H15N3O4/c1-6-11-5-7(16-6)8(14)12-13-9(15)17-10(2,3)4/h5H,1-4H3,(H,12,14)(H,13,15). The zero-order valence-corrected chi connectivity index (χ0v) is 10.2. The maximum Gasteiger partial charge on any atom is 0.426 e. The highest BCUT2D eigenvalue weighted by Gasteiger charge is 2.17. The van der Waals surface area contributed by atoms with Gasteiger partial charge in [0.2, 0.25) is 5.76 Å². The molecule has 1 rings (SSSR count). The number of aryl methyl sites for hydroxylation is 1. The second-order valence-corrected chi connectivity index (χ2v) is 4.32. The summed E-state index contributed by atoms with van der Waals surface area (Å²) in [4.78, 5) is 26.4. The van der Waals surface area contributed by atoms with E-state index in [1.165, 1.54) is 6.20 Å². The molecule has 0 unspecified atom stereocenters. The number of hydrazine groups is 1.